The molecule has 0 saturated carbocycles. The monoisotopic (exact) mass is 326 g/mol. The summed E-state index contributed by atoms with van der Waals surface area (Å²) in [5.74, 6) is 0.377. The average molecular weight is 326 g/mol. The SMILES string of the molecule is CCOC(=O)C(OC)N(C)C(=O)Nc1ccc(OC)c(OC)c1. The second-order valence-electron chi connectivity index (χ2n) is 4.45. The van der Waals surface area contributed by atoms with Crippen LogP contribution in [0.2, 0.25) is 0 Å². The van der Waals surface area contributed by atoms with Gasteiger partial charge in [0.15, 0.2) is 11.5 Å². The second kappa shape index (κ2) is 8.84. The van der Waals surface area contributed by atoms with Crippen molar-refractivity contribution in [2.24, 2.45) is 0 Å². The molecule has 0 bridgehead atoms. The van der Waals surface area contributed by atoms with Crippen LogP contribution in [0.1, 0.15) is 6.92 Å². The van der Waals surface area contributed by atoms with Gasteiger partial charge in [0.2, 0.25) is 6.23 Å². The Balaban J connectivity index is 2.83. The summed E-state index contributed by atoms with van der Waals surface area (Å²) in [4.78, 5) is 25.1. The van der Waals surface area contributed by atoms with Crippen LogP contribution in [0.15, 0.2) is 18.2 Å². The molecule has 8 nitrogen and oxygen atoms in total. The van der Waals surface area contributed by atoms with E-state index in [1.165, 1.54) is 28.4 Å². The summed E-state index contributed by atoms with van der Waals surface area (Å²) in [5.41, 5.74) is 0.484. The third-order valence-corrected chi connectivity index (χ3v) is 3.02. The van der Waals surface area contributed by atoms with Gasteiger partial charge in [-0.25, -0.2) is 9.59 Å². The minimum Gasteiger partial charge on any atom is -0.493 e. The Kier molecular flexibility index (Phi) is 7.14. The van der Waals surface area contributed by atoms with Crippen molar-refractivity contribution in [1.82, 2.24) is 4.90 Å². The summed E-state index contributed by atoms with van der Waals surface area (Å²) < 4.78 is 20.2. The van der Waals surface area contributed by atoms with E-state index in [9.17, 15) is 9.59 Å². The first-order valence-electron chi connectivity index (χ1n) is 6.93. The lowest BCUT2D eigenvalue weighted by atomic mass is 10.2. The van der Waals surface area contributed by atoms with Gasteiger partial charge in [-0.3, -0.25) is 4.90 Å². The van der Waals surface area contributed by atoms with E-state index in [4.69, 9.17) is 18.9 Å². The Hall–Kier alpha value is -2.48. The maximum Gasteiger partial charge on any atom is 0.356 e. The number of carbonyl (C=O) groups excluding carboxylic acids is 2. The molecule has 1 unspecified atom stereocenters. The van der Waals surface area contributed by atoms with E-state index < -0.39 is 18.2 Å². The summed E-state index contributed by atoms with van der Waals surface area (Å²) in [5, 5.41) is 2.64. The molecule has 0 aliphatic heterocycles. The molecule has 0 spiro atoms. The fraction of sp³-hybridized carbons (Fsp3) is 0.467. The van der Waals surface area contributed by atoms with Crippen molar-refractivity contribution in [3.8, 4) is 11.5 Å². The van der Waals surface area contributed by atoms with E-state index in [1.807, 2.05) is 0 Å². The van der Waals surface area contributed by atoms with Gasteiger partial charge in [-0.2, -0.15) is 0 Å². The van der Waals surface area contributed by atoms with E-state index in [1.54, 1.807) is 25.1 Å². The third-order valence-electron chi connectivity index (χ3n) is 3.02. The van der Waals surface area contributed by atoms with Crippen molar-refractivity contribution < 1.29 is 28.5 Å². The second-order valence-corrected chi connectivity index (χ2v) is 4.45. The van der Waals surface area contributed by atoms with Gasteiger partial charge in [-0.1, -0.05) is 0 Å². The van der Waals surface area contributed by atoms with Crippen LogP contribution in [-0.4, -0.2) is 58.1 Å². The molecule has 8 heteroatoms. The largest absolute Gasteiger partial charge is 0.493 e. The van der Waals surface area contributed by atoms with Gasteiger partial charge in [0.25, 0.3) is 0 Å². The molecular weight excluding hydrogens is 304 g/mol. The number of rotatable bonds is 7. The number of urea groups is 1. The van der Waals surface area contributed by atoms with Crippen LogP contribution in [0.4, 0.5) is 10.5 Å². The van der Waals surface area contributed by atoms with Gasteiger partial charge < -0.3 is 24.3 Å². The highest BCUT2D eigenvalue weighted by Gasteiger charge is 2.28. The molecule has 1 N–H and O–H groups in total. The van der Waals surface area contributed by atoms with Gasteiger partial charge in [0.05, 0.1) is 20.8 Å². The fourth-order valence-corrected chi connectivity index (χ4v) is 1.86. The highest BCUT2D eigenvalue weighted by molar-refractivity contribution is 5.92. The molecule has 0 aromatic heterocycles. The Morgan fingerprint density at radius 3 is 2.35 bits per heavy atom. The quantitative estimate of drug-likeness (QED) is 0.606. The van der Waals surface area contributed by atoms with Crippen LogP contribution >= 0.6 is 0 Å². The van der Waals surface area contributed by atoms with Gasteiger partial charge >= 0.3 is 12.0 Å². The van der Waals surface area contributed by atoms with Crippen molar-refractivity contribution in [2.75, 3.05) is 40.3 Å². The summed E-state index contributed by atoms with van der Waals surface area (Å²) in [6, 6.07) is 4.39. The predicted molar refractivity (Wildman–Crippen MR) is 83.8 cm³/mol. The number of amides is 2. The number of ether oxygens (including phenoxy) is 4. The maximum atomic E-state index is 12.2. The molecule has 1 rings (SSSR count). The Bertz CT molecular complexity index is 549. The van der Waals surface area contributed by atoms with Crippen LogP contribution in [0.5, 0.6) is 11.5 Å². The predicted octanol–water partition coefficient (Wildman–Crippen LogP) is 1.70. The van der Waals surface area contributed by atoms with Crippen LogP contribution in [0.25, 0.3) is 0 Å². The molecule has 0 radical (unpaired) electrons. The highest BCUT2D eigenvalue weighted by Crippen LogP contribution is 2.29. The first kappa shape index (κ1) is 18.6. The summed E-state index contributed by atoms with van der Waals surface area (Å²) in [6.07, 6.45) is -1.13. The topological polar surface area (TPSA) is 86.3 Å². The number of carbonyl (C=O) groups is 2. The van der Waals surface area contributed by atoms with Gasteiger partial charge in [0.1, 0.15) is 0 Å². The smallest absolute Gasteiger partial charge is 0.356 e. The normalized spacial score (nSPS) is 11.3. The van der Waals surface area contributed by atoms with Gasteiger partial charge in [0, 0.05) is 25.9 Å². The van der Waals surface area contributed by atoms with Crippen LogP contribution in [-0.2, 0) is 14.3 Å². The number of hydrogen-bond acceptors (Lipinski definition) is 6. The zero-order chi connectivity index (χ0) is 17.4. The molecule has 0 fully saturated rings. The van der Waals surface area contributed by atoms with Crippen LogP contribution in [0.3, 0.4) is 0 Å². The number of benzene rings is 1. The molecule has 1 aromatic carbocycles. The molecule has 23 heavy (non-hydrogen) atoms. The first-order chi connectivity index (χ1) is 11.0. The zero-order valence-corrected chi connectivity index (χ0v) is 13.9. The minimum absolute atomic E-state index is 0.198. The molecule has 1 aromatic rings. The van der Waals surface area contributed by atoms with E-state index in [-0.39, 0.29) is 6.61 Å². The summed E-state index contributed by atoms with van der Waals surface area (Å²) >= 11 is 0. The molecule has 0 aliphatic rings. The molecule has 1 atom stereocenters. The number of anilines is 1. The first-order valence-corrected chi connectivity index (χ1v) is 6.93. The highest BCUT2D eigenvalue weighted by atomic mass is 16.6. The summed E-state index contributed by atoms with van der Waals surface area (Å²) in [6.45, 7) is 1.87. The van der Waals surface area contributed by atoms with Crippen molar-refractivity contribution >= 4 is 17.7 Å². The van der Waals surface area contributed by atoms with E-state index in [0.717, 1.165) is 4.90 Å². The van der Waals surface area contributed by atoms with Crippen LogP contribution < -0.4 is 14.8 Å². The maximum absolute atomic E-state index is 12.2. The molecule has 0 saturated heterocycles. The van der Waals surface area contributed by atoms with Crippen molar-refractivity contribution in [3.63, 3.8) is 0 Å². The fourth-order valence-electron chi connectivity index (χ4n) is 1.86. The van der Waals surface area contributed by atoms with Crippen molar-refractivity contribution in [2.45, 2.75) is 13.2 Å². The zero-order valence-electron chi connectivity index (χ0n) is 13.9. The van der Waals surface area contributed by atoms with Crippen LogP contribution in [0, 0.1) is 0 Å². The lowest BCUT2D eigenvalue weighted by molar-refractivity contribution is -0.162. The minimum atomic E-state index is -1.13. The standard InChI is InChI=1S/C15H22N2O6/c1-6-23-14(18)13(22-5)17(2)15(19)16-10-7-8-11(20-3)12(9-10)21-4/h7-9,13H,6H2,1-5H3,(H,16,19). The number of nitrogens with zero attached hydrogens (tertiary/aromatic N) is 1. The molecular formula is C15H22N2O6. The number of methoxy groups -OCH3 is 3. The molecule has 2 amide bonds. The van der Waals surface area contributed by atoms with Gasteiger partial charge in [-0.05, 0) is 19.1 Å². The van der Waals surface area contributed by atoms with Gasteiger partial charge in [-0.15, -0.1) is 0 Å². The lowest BCUT2D eigenvalue weighted by Gasteiger charge is -2.25. The number of likely N-dealkylation sites (N-methyl/N-ethyl adjacent to an activating group) is 1. The van der Waals surface area contributed by atoms with E-state index in [0.29, 0.717) is 17.2 Å². The Labute approximate surface area is 135 Å². The molecule has 0 heterocycles. The average Bonchev–Trinajstić information content (AvgIpc) is 2.55. The van der Waals surface area contributed by atoms with Crippen molar-refractivity contribution in [1.29, 1.82) is 0 Å². The number of nitrogens with one attached hydrogen (secondary N) is 1. The van der Waals surface area contributed by atoms with E-state index >= 15 is 0 Å². The summed E-state index contributed by atoms with van der Waals surface area (Å²) in [7, 11) is 5.77. The Morgan fingerprint density at radius 1 is 1.17 bits per heavy atom. The lowest BCUT2D eigenvalue weighted by Crippen LogP contribution is -2.46. The van der Waals surface area contributed by atoms with E-state index in [2.05, 4.69) is 5.32 Å². The number of hydrogen-bond donors (Lipinski definition) is 1. The van der Waals surface area contributed by atoms with Crippen molar-refractivity contribution in [3.05, 3.63) is 18.2 Å². The number of esters is 1. The molecule has 128 valence electrons. The Morgan fingerprint density at radius 2 is 1.83 bits per heavy atom. The molecule has 0 aliphatic carbocycles. The third kappa shape index (κ3) is 4.75.